The van der Waals surface area contributed by atoms with Crippen LogP contribution in [0.3, 0.4) is 0 Å². The molecule has 0 heterocycles. The van der Waals surface area contributed by atoms with Crippen molar-refractivity contribution in [1.82, 2.24) is 0 Å². The number of ether oxygens (including phenoxy) is 1. The van der Waals surface area contributed by atoms with Gasteiger partial charge in [0.2, 0.25) is 0 Å². The first-order chi connectivity index (χ1) is 9.53. The minimum atomic E-state index is -0.981. The molecule has 1 aliphatic carbocycles. The molecule has 0 aromatic carbocycles. The van der Waals surface area contributed by atoms with E-state index in [-0.39, 0.29) is 11.2 Å². The van der Waals surface area contributed by atoms with Gasteiger partial charge in [0, 0.05) is 12.5 Å². The van der Waals surface area contributed by atoms with E-state index in [0.717, 1.165) is 12.5 Å². The Morgan fingerprint density at radius 3 is 2.14 bits per heavy atom. The first-order valence-electron chi connectivity index (χ1n) is 6.51. The van der Waals surface area contributed by atoms with E-state index < -0.39 is 12.1 Å². The van der Waals surface area contributed by atoms with Crippen LogP contribution in [-0.2, 0) is 14.3 Å². The van der Waals surface area contributed by atoms with Crippen LogP contribution in [0.5, 0.6) is 0 Å². The van der Waals surface area contributed by atoms with E-state index in [0.29, 0.717) is 13.0 Å². The van der Waals surface area contributed by atoms with Crippen LogP contribution < -0.4 is 5.73 Å². The van der Waals surface area contributed by atoms with E-state index in [4.69, 9.17) is 5.11 Å². The first kappa shape index (κ1) is 21.2. The summed E-state index contributed by atoms with van der Waals surface area (Å²) in [7, 11) is 0. The Kier molecular flexibility index (Phi) is 10.7. The number of carboxylic acid groups (broad SMARTS) is 1. The van der Waals surface area contributed by atoms with E-state index in [1.54, 1.807) is 13.0 Å². The summed E-state index contributed by atoms with van der Waals surface area (Å²) in [6.07, 6.45) is 3.67. The summed E-state index contributed by atoms with van der Waals surface area (Å²) in [4.78, 5) is 29.9. The zero-order chi connectivity index (χ0) is 17.1. The summed E-state index contributed by atoms with van der Waals surface area (Å²) in [6.45, 7) is 11.3. The van der Waals surface area contributed by atoms with E-state index in [2.05, 4.69) is 30.9 Å². The molecule has 0 aromatic heterocycles. The SMILES string of the molecule is C=CC(=O)O.CC1=CC(=O)CC(C)(C)C1.CCOC(N)=O. The number of carbonyl (C=O) groups is 3. The van der Waals surface area contributed by atoms with Gasteiger partial charge in [-0.2, -0.15) is 0 Å². The van der Waals surface area contributed by atoms with E-state index >= 15 is 0 Å². The van der Waals surface area contributed by atoms with Crippen molar-refractivity contribution in [2.75, 3.05) is 6.61 Å². The highest BCUT2D eigenvalue weighted by Crippen LogP contribution is 2.32. The topological polar surface area (TPSA) is 107 Å². The Hall–Kier alpha value is -2.11. The van der Waals surface area contributed by atoms with Gasteiger partial charge in [0.1, 0.15) is 0 Å². The Bertz CT molecular complexity index is 410. The molecule has 0 aliphatic heterocycles. The van der Waals surface area contributed by atoms with Crippen molar-refractivity contribution in [2.24, 2.45) is 11.1 Å². The number of hydrogen-bond acceptors (Lipinski definition) is 4. The number of hydrogen-bond donors (Lipinski definition) is 2. The molecule has 0 spiro atoms. The minimum Gasteiger partial charge on any atom is -0.478 e. The molecule has 6 nitrogen and oxygen atoms in total. The van der Waals surface area contributed by atoms with Crippen molar-refractivity contribution < 1.29 is 24.2 Å². The van der Waals surface area contributed by atoms with Crippen LogP contribution in [-0.4, -0.2) is 29.6 Å². The largest absolute Gasteiger partial charge is 0.478 e. The quantitative estimate of drug-likeness (QED) is 0.762. The third kappa shape index (κ3) is 15.8. The summed E-state index contributed by atoms with van der Waals surface area (Å²) in [5, 5.41) is 7.60. The Morgan fingerprint density at radius 2 is 1.95 bits per heavy atom. The van der Waals surface area contributed by atoms with Crippen molar-refractivity contribution in [2.45, 2.75) is 40.5 Å². The van der Waals surface area contributed by atoms with Crippen molar-refractivity contribution in [1.29, 1.82) is 0 Å². The van der Waals surface area contributed by atoms with Crippen LogP contribution in [0.25, 0.3) is 0 Å². The number of carboxylic acids is 1. The van der Waals surface area contributed by atoms with Gasteiger partial charge < -0.3 is 15.6 Å². The molecular formula is C15H25NO5. The highest BCUT2D eigenvalue weighted by atomic mass is 16.5. The summed E-state index contributed by atoms with van der Waals surface area (Å²) >= 11 is 0. The molecule has 0 bridgehead atoms. The maximum Gasteiger partial charge on any atom is 0.404 e. The van der Waals surface area contributed by atoms with Crippen LogP contribution in [0, 0.1) is 5.41 Å². The van der Waals surface area contributed by atoms with E-state index in [9.17, 15) is 14.4 Å². The second kappa shape index (κ2) is 10.7. The van der Waals surface area contributed by atoms with Gasteiger partial charge in [-0.1, -0.05) is 26.0 Å². The second-order valence-electron chi connectivity index (χ2n) is 5.27. The van der Waals surface area contributed by atoms with Gasteiger partial charge in [0.25, 0.3) is 0 Å². The van der Waals surface area contributed by atoms with Gasteiger partial charge in [0.15, 0.2) is 5.78 Å². The molecule has 1 rings (SSSR count). The van der Waals surface area contributed by atoms with E-state index in [1.807, 2.05) is 6.92 Å². The standard InChI is InChI=1S/C9H14O.C3H7NO2.C3H4O2/c1-7-4-8(10)6-9(2,3)5-7;1-2-6-3(4)5;1-2-3(4)5/h4H,5-6H2,1-3H3;2H2,1H3,(H2,4,5);2H,1H2,(H,4,5). The number of aliphatic carboxylic acids is 1. The summed E-state index contributed by atoms with van der Waals surface area (Å²) in [5.41, 5.74) is 5.97. The smallest absolute Gasteiger partial charge is 0.404 e. The maximum absolute atomic E-state index is 11.0. The molecule has 0 saturated carbocycles. The molecule has 1 aliphatic rings. The van der Waals surface area contributed by atoms with Gasteiger partial charge in [-0.3, -0.25) is 4.79 Å². The fraction of sp³-hybridized carbons (Fsp3) is 0.533. The summed E-state index contributed by atoms with van der Waals surface area (Å²) in [6, 6.07) is 0. The van der Waals surface area contributed by atoms with Gasteiger partial charge >= 0.3 is 12.1 Å². The first-order valence-corrected chi connectivity index (χ1v) is 6.51. The highest BCUT2D eigenvalue weighted by molar-refractivity contribution is 5.91. The fourth-order valence-electron chi connectivity index (χ4n) is 1.81. The molecular weight excluding hydrogens is 274 g/mol. The Balaban J connectivity index is 0. The highest BCUT2D eigenvalue weighted by Gasteiger charge is 2.25. The van der Waals surface area contributed by atoms with Crippen LogP contribution in [0.1, 0.15) is 40.5 Å². The fourth-order valence-corrected chi connectivity index (χ4v) is 1.81. The zero-order valence-corrected chi connectivity index (χ0v) is 13.1. The van der Waals surface area contributed by atoms with Gasteiger partial charge in [-0.25, -0.2) is 9.59 Å². The Morgan fingerprint density at radius 1 is 1.48 bits per heavy atom. The number of rotatable bonds is 2. The Labute approximate surface area is 125 Å². The van der Waals surface area contributed by atoms with Gasteiger partial charge in [-0.05, 0) is 31.8 Å². The predicted octanol–water partition coefficient (Wildman–Crippen LogP) is 2.68. The van der Waals surface area contributed by atoms with Crippen molar-refractivity contribution in [3.8, 4) is 0 Å². The van der Waals surface area contributed by atoms with Crippen LogP contribution in [0.15, 0.2) is 24.3 Å². The average molecular weight is 299 g/mol. The van der Waals surface area contributed by atoms with Gasteiger partial charge in [-0.15, -0.1) is 0 Å². The minimum absolute atomic E-state index is 0.204. The molecule has 0 saturated heterocycles. The molecule has 21 heavy (non-hydrogen) atoms. The number of primary amides is 1. The maximum atomic E-state index is 11.0. The number of nitrogens with two attached hydrogens (primary N) is 1. The second-order valence-corrected chi connectivity index (χ2v) is 5.27. The molecule has 0 atom stereocenters. The molecule has 3 N–H and O–H groups in total. The summed E-state index contributed by atoms with van der Waals surface area (Å²) < 4.78 is 4.18. The lowest BCUT2D eigenvalue weighted by molar-refractivity contribution is -0.131. The lowest BCUT2D eigenvalue weighted by atomic mass is 9.77. The number of amides is 1. The van der Waals surface area contributed by atoms with Crippen LogP contribution in [0.2, 0.25) is 0 Å². The van der Waals surface area contributed by atoms with Crippen LogP contribution in [0.4, 0.5) is 4.79 Å². The predicted molar refractivity (Wildman–Crippen MR) is 80.8 cm³/mol. The summed E-state index contributed by atoms with van der Waals surface area (Å²) in [5.74, 6) is -0.696. The number of ketones is 1. The number of allylic oxidation sites excluding steroid dienone is 2. The third-order valence-electron chi connectivity index (χ3n) is 2.28. The molecule has 6 heteroatoms. The molecule has 120 valence electrons. The van der Waals surface area contributed by atoms with Crippen molar-refractivity contribution in [3.05, 3.63) is 24.3 Å². The van der Waals surface area contributed by atoms with Crippen molar-refractivity contribution >= 4 is 17.8 Å². The van der Waals surface area contributed by atoms with Crippen molar-refractivity contribution in [3.63, 3.8) is 0 Å². The lowest BCUT2D eigenvalue weighted by Crippen LogP contribution is -2.20. The molecule has 0 fully saturated rings. The van der Waals surface area contributed by atoms with Gasteiger partial charge in [0.05, 0.1) is 6.61 Å². The molecule has 0 aromatic rings. The normalized spacial score (nSPS) is 15.2. The monoisotopic (exact) mass is 299 g/mol. The molecule has 1 amide bonds. The van der Waals surface area contributed by atoms with Crippen LogP contribution >= 0.6 is 0 Å². The number of carbonyl (C=O) groups excluding carboxylic acids is 2. The third-order valence-corrected chi connectivity index (χ3v) is 2.28. The average Bonchev–Trinajstić information content (AvgIpc) is 2.26. The lowest BCUT2D eigenvalue weighted by Gasteiger charge is -2.27. The molecule has 0 unspecified atom stereocenters. The zero-order valence-electron chi connectivity index (χ0n) is 13.1. The molecule has 0 radical (unpaired) electrons. The van der Waals surface area contributed by atoms with E-state index in [1.165, 1.54) is 5.57 Å².